The van der Waals surface area contributed by atoms with Crippen LogP contribution in [0.4, 0.5) is 0 Å². The van der Waals surface area contributed by atoms with Gasteiger partial charge in [0.15, 0.2) is 0 Å². The second-order valence-corrected chi connectivity index (χ2v) is 8.34. The Morgan fingerprint density at radius 2 is 1.79 bits per heavy atom. The number of hydrogen-bond acceptors (Lipinski definition) is 4. The molecule has 2 aliphatic heterocycles. The fraction of sp³-hybridized carbons (Fsp3) is 1.00. The number of piperidine rings is 1. The average Bonchev–Trinajstić information content (AvgIpc) is 2.40. The lowest BCUT2D eigenvalue weighted by Crippen LogP contribution is -2.49. The van der Waals surface area contributed by atoms with E-state index in [0.29, 0.717) is 19.0 Å². The molecule has 0 bridgehead atoms. The highest BCUT2D eigenvalue weighted by molar-refractivity contribution is 7.99. The van der Waals surface area contributed by atoms with Gasteiger partial charge >= 0.3 is 0 Å². The maximum absolute atomic E-state index is 12.3. The first-order chi connectivity index (χ1) is 9.12. The first-order valence-electron chi connectivity index (χ1n) is 7.11. The highest BCUT2D eigenvalue weighted by atomic mass is 32.2. The van der Waals surface area contributed by atoms with Crippen molar-refractivity contribution in [2.75, 3.05) is 38.2 Å². The molecule has 0 aliphatic carbocycles. The van der Waals surface area contributed by atoms with Crippen molar-refractivity contribution in [1.82, 2.24) is 14.3 Å². The number of thioether (sulfide) groups is 1. The molecule has 2 saturated heterocycles. The Labute approximate surface area is 121 Å². The first-order valence-corrected chi connectivity index (χ1v) is 9.71. The van der Waals surface area contributed by atoms with Crippen LogP contribution < -0.4 is 10.0 Å². The molecule has 0 spiro atoms. The number of hydrogen-bond donors (Lipinski definition) is 2. The van der Waals surface area contributed by atoms with Gasteiger partial charge in [-0.2, -0.15) is 29.2 Å². The maximum Gasteiger partial charge on any atom is 0.279 e. The van der Waals surface area contributed by atoms with Gasteiger partial charge in [0.25, 0.3) is 10.2 Å². The van der Waals surface area contributed by atoms with E-state index in [9.17, 15) is 8.42 Å². The van der Waals surface area contributed by atoms with Crippen LogP contribution in [0.3, 0.4) is 0 Å². The van der Waals surface area contributed by atoms with Crippen LogP contribution in [-0.4, -0.2) is 57.0 Å². The lowest BCUT2D eigenvalue weighted by Gasteiger charge is -2.33. The molecule has 0 aromatic rings. The van der Waals surface area contributed by atoms with Crippen molar-refractivity contribution in [3.63, 3.8) is 0 Å². The molecular formula is C12H25N3O2S2. The van der Waals surface area contributed by atoms with Crippen molar-refractivity contribution >= 4 is 22.0 Å². The van der Waals surface area contributed by atoms with Crippen molar-refractivity contribution in [2.45, 2.75) is 31.7 Å². The molecule has 19 heavy (non-hydrogen) atoms. The molecule has 2 heterocycles. The number of rotatable bonds is 5. The Hall–Kier alpha value is 0.180. The molecule has 0 amide bonds. The van der Waals surface area contributed by atoms with Crippen LogP contribution in [0, 0.1) is 5.92 Å². The molecule has 0 saturated carbocycles. The van der Waals surface area contributed by atoms with Crippen LogP contribution >= 0.6 is 11.8 Å². The maximum atomic E-state index is 12.3. The van der Waals surface area contributed by atoms with Crippen LogP contribution in [0.1, 0.15) is 25.7 Å². The molecule has 2 N–H and O–H groups in total. The third-order valence-corrected chi connectivity index (χ3v) is 6.67. The molecule has 5 nitrogen and oxygen atoms in total. The molecule has 2 aliphatic rings. The van der Waals surface area contributed by atoms with Crippen molar-refractivity contribution in [1.29, 1.82) is 0 Å². The van der Waals surface area contributed by atoms with Crippen molar-refractivity contribution in [3.8, 4) is 0 Å². The standard InChI is InChI=1S/C12H25N3O2S2/c1-13-10-11-2-6-15(7-3-11)19(16,17)14-12-4-8-18-9-5-12/h11-14H,2-10H2,1H3. The van der Waals surface area contributed by atoms with Gasteiger partial charge in [-0.3, -0.25) is 0 Å². The van der Waals surface area contributed by atoms with Crippen LogP contribution in [0.25, 0.3) is 0 Å². The van der Waals surface area contributed by atoms with Gasteiger partial charge in [-0.05, 0) is 56.7 Å². The summed E-state index contributed by atoms with van der Waals surface area (Å²) in [7, 11) is -1.32. The molecule has 0 aromatic carbocycles. The Kier molecular flexibility index (Phi) is 5.95. The highest BCUT2D eigenvalue weighted by Gasteiger charge is 2.29. The van der Waals surface area contributed by atoms with E-state index in [0.717, 1.165) is 43.7 Å². The molecule has 0 unspecified atom stereocenters. The zero-order valence-electron chi connectivity index (χ0n) is 11.6. The zero-order valence-corrected chi connectivity index (χ0v) is 13.2. The third-order valence-electron chi connectivity index (χ3n) is 3.94. The van der Waals surface area contributed by atoms with Gasteiger partial charge in [-0.15, -0.1) is 0 Å². The molecule has 2 rings (SSSR count). The number of nitrogens with one attached hydrogen (secondary N) is 2. The Balaban J connectivity index is 1.83. The summed E-state index contributed by atoms with van der Waals surface area (Å²) in [4.78, 5) is 0. The summed E-state index contributed by atoms with van der Waals surface area (Å²) < 4.78 is 29.1. The molecule has 112 valence electrons. The van der Waals surface area contributed by atoms with Crippen LogP contribution in [0.2, 0.25) is 0 Å². The summed E-state index contributed by atoms with van der Waals surface area (Å²) in [6.45, 7) is 2.30. The second-order valence-electron chi connectivity index (χ2n) is 5.41. The predicted molar refractivity (Wildman–Crippen MR) is 80.6 cm³/mol. The summed E-state index contributed by atoms with van der Waals surface area (Å²) in [5.74, 6) is 2.75. The molecule has 0 aromatic heterocycles. The van der Waals surface area contributed by atoms with Crippen LogP contribution in [0.5, 0.6) is 0 Å². The van der Waals surface area contributed by atoms with Crippen molar-refractivity contribution in [2.24, 2.45) is 5.92 Å². The van der Waals surface area contributed by atoms with Crippen LogP contribution in [0.15, 0.2) is 0 Å². The summed E-state index contributed by atoms with van der Waals surface area (Å²) in [5.41, 5.74) is 0. The first kappa shape index (κ1) is 15.6. The minimum absolute atomic E-state index is 0.140. The Morgan fingerprint density at radius 1 is 1.16 bits per heavy atom. The summed E-state index contributed by atoms with van der Waals surface area (Å²) in [6, 6.07) is 0.140. The minimum atomic E-state index is -3.27. The summed E-state index contributed by atoms with van der Waals surface area (Å²) in [6.07, 6.45) is 3.84. The largest absolute Gasteiger partial charge is 0.319 e. The topological polar surface area (TPSA) is 61.4 Å². The monoisotopic (exact) mass is 307 g/mol. The predicted octanol–water partition coefficient (Wildman–Crippen LogP) is 0.648. The van der Waals surface area contributed by atoms with Crippen molar-refractivity contribution in [3.05, 3.63) is 0 Å². The molecular weight excluding hydrogens is 282 g/mol. The van der Waals surface area contributed by atoms with Gasteiger partial charge in [0.2, 0.25) is 0 Å². The molecule has 0 atom stereocenters. The summed E-state index contributed by atoms with van der Waals surface area (Å²) >= 11 is 1.91. The third kappa shape index (κ3) is 4.60. The molecule has 7 heteroatoms. The Bertz CT molecular complexity index is 361. The van der Waals surface area contributed by atoms with Gasteiger partial charge in [-0.25, -0.2) is 0 Å². The smallest absolute Gasteiger partial charge is 0.279 e. The normalized spacial score (nSPS) is 24.7. The van der Waals surface area contributed by atoms with E-state index in [1.807, 2.05) is 18.8 Å². The van der Waals surface area contributed by atoms with E-state index < -0.39 is 10.2 Å². The highest BCUT2D eigenvalue weighted by Crippen LogP contribution is 2.21. The van der Waals surface area contributed by atoms with E-state index in [2.05, 4.69) is 10.0 Å². The van der Waals surface area contributed by atoms with Gasteiger partial charge in [0.1, 0.15) is 0 Å². The van der Waals surface area contributed by atoms with E-state index in [1.54, 1.807) is 4.31 Å². The number of nitrogens with zero attached hydrogens (tertiary/aromatic N) is 1. The van der Waals surface area contributed by atoms with E-state index in [4.69, 9.17) is 0 Å². The fourth-order valence-electron chi connectivity index (χ4n) is 2.74. The lowest BCUT2D eigenvalue weighted by atomic mass is 9.98. The molecule has 0 radical (unpaired) electrons. The zero-order chi connectivity index (χ0) is 13.7. The van der Waals surface area contributed by atoms with Gasteiger partial charge in [-0.1, -0.05) is 0 Å². The lowest BCUT2D eigenvalue weighted by molar-refractivity contribution is 0.266. The average molecular weight is 307 g/mol. The van der Waals surface area contributed by atoms with Gasteiger partial charge in [0, 0.05) is 19.1 Å². The SMILES string of the molecule is CNCC1CCN(S(=O)(=O)NC2CCSCC2)CC1. The summed E-state index contributed by atoms with van der Waals surface area (Å²) in [5, 5.41) is 3.17. The van der Waals surface area contributed by atoms with Crippen LogP contribution in [-0.2, 0) is 10.2 Å². The second kappa shape index (κ2) is 7.26. The van der Waals surface area contributed by atoms with E-state index >= 15 is 0 Å². The molecule has 2 fully saturated rings. The van der Waals surface area contributed by atoms with Gasteiger partial charge in [0.05, 0.1) is 0 Å². The van der Waals surface area contributed by atoms with Crippen molar-refractivity contribution < 1.29 is 8.42 Å². The minimum Gasteiger partial charge on any atom is -0.319 e. The Morgan fingerprint density at radius 3 is 2.37 bits per heavy atom. The van der Waals surface area contributed by atoms with Gasteiger partial charge < -0.3 is 5.32 Å². The quantitative estimate of drug-likeness (QED) is 0.783. The van der Waals surface area contributed by atoms with E-state index in [1.165, 1.54) is 0 Å². The van der Waals surface area contributed by atoms with E-state index in [-0.39, 0.29) is 6.04 Å². The fourth-order valence-corrected chi connectivity index (χ4v) is 5.35.